The molecular weight excluding hydrogens is 920 g/mol. The molecule has 24 heteroatoms. The molecule has 59 heavy (non-hydrogen) atoms. The maximum atomic E-state index is 12.7. The molecule has 1 saturated heterocycles. The highest BCUT2D eigenvalue weighted by atomic mass is 79.9. The predicted molar refractivity (Wildman–Crippen MR) is 213 cm³/mol. The number of halogens is 2. The summed E-state index contributed by atoms with van der Waals surface area (Å²) in [7, 11) is 0. The van der Waals surface area contributed by atoms with Gasteiger partial charge in [0.2, 0.25) is 0 Å². The highest BCUT2D eigenvalue weighted by Gasteiger charge is 2.35. The van der Waals surface area contributed by atoms with Gasteiger partial charge in [0.15, 0.2) is 0 Å². The number of ketones is 1. The number of rotatable bonds is 30. The van der Waals surface area contributed by atoms with E-state index in [1.807, 2.05) is 0 Å². The van der Waals surface area contributed by atoms with Crippen molar-refractivity contribution in [2.75, 3.05) is 138 Å². The van der Waals surface area contributed by atoms with Gasteiger partial charge in [0.1, 0.15) is 27.5 Å². The molecule has 0 saturated carbocycles. The minimum absolute atomic E-state index is 0.00699. The third kappa shape index (κ3) is 22.4. The minimum Gasteiger partial charge on any atom is -0.480 e. The maximum Gasteiger partial charge on any atom is 0.320 e. The molecule has 0 aromatic carbocycles. The van der Waals surface area contributed by atoms with Gasteiger partial charge in [-0.3, -0.25) is 62.9 Å². The van der Waals surface area contributed by atoms with Gasteiger partial charge in [0, 0.05) is 71.8 Å². The van der Waals surface area contributed by atoms with Gasteiger partial charge in [-0.25, -0.2) is 0 Å². The Kier molecular flexibility index (Phi) is 26.6. The number of hydrogen-bond acceptors (Lipinski definition) is 17. The van der Waals surface area contributed by atoms with Gasteiger partial charge in [0.05, 0.1) is 72.4 Å². The van der Waals surface area contributed by atoms with Crippen LogP contribution in [0.25, 0.3) is 0 Å². The zero-order chi connectivity index (χ0) is 43.6. The number of nitrogens with one attached hydrogen (secondary N) is 1. The first kappa shape index (κ1) is 52.1. The van der Waals surface area contributed by atoms with Crippen molar-refractivity contribution in [3.8, 4) is 0 Å². The number of ether oxygens (including phenoxy) is 4. The van der Waals surface area contributed by atoms with Crippen LogP contribution >= 0.6 is 31.9 Å². The first-order valence-corrected chi connectivity index (χ1v) is 20.7. The zero-order valence-electron chi connectivity index (χ0n) is 32.9. The first-order valence-electron chi connectivity index (χ1n) is 19.1. The standard InChI is InChI=1S/C35H56Br2N6O16/c36-31-32(37)34(52)43(33(31)51)13-15-56-18-19-58-25-38-59-21-20-57-17-16-55-14-1-2-26(44)3-4-27(35(53)54)42-11-9-40(23-29(47)48)7-5-39(22-28(45)46)6-8-41(10-12-42)24-30(49)50/h27,38H,1-25H2,(H,45,46)(H,47,48)(H,49,50)(H,53,54)/t27-/m0/s1. The molecule has 2 heterocycles. The Morgan fingerprint density at radius 1 is 0.593 bits per heavy atom. The molecule has 0 aliphatic carbocycles. The van der Waals surface area contributed by atoms with Gasteiger partial charge in [0.25, 0.3) is 11.8 Å². The van der Waals surface area contributed by atoms with Gasteiger partial charge in [-0.05, 0) is 44.7 Å². The molecule has 336 valence electrons. The normalized spacial score (nSPS) is 17.6. The Labute approximate surface area is 358 Å². The van der Waals surface area contributed by atoms with E-state index in [0.29, 0.717) is 26.2 Å². The van der Waals surface area contributed by atoms with Crippen molar-refractivity contribution in [2.45, 2.75) is 31.7 Å². The fourth-order valence-corrected chi connectivity index (χ4v) is 6.68. The van der Waals surface area contributed by atoms with Crippen LogP contribution in [-0.2, 0) is 57.3 Å². The number of nitrogens with zero attached hydrogens (tertiary/aromatic N) is 5. The third-order valence-electron chi connectivity index (χ3n) is 8.97. The van der Waals surface area contributed by atoms with Crippen molar-refractivity contribution >= 4 is 73.3 Å². The Bertz CT molecular complexity index is 1360. The minimum atomic E-state index is -1.15. The highest BCUT2D eigenvalue weighted by molar-refractivity contribution is 9.14. The summed E-state index contributed by atoms with van der Waals surface area (Å²) in [4.78, 5) is 96.3. The van der Waals surface area contributed by atoms with Crippen LogP contribution in [0.1, 0.15) is 25.7 Å². The van der Waals surface area contributed by atoms with E-state index >= 15 is 0 Å². The number of carboxylic acid groups (broad SMARTS) is 4. The van der Waals surface area contributed by atoms with Crippen LogP contribution in [-0.4, -0.2) is 231 Å². The molecule has 2 aliphatic heterocycles. The summed E-state index contributed by atoms with van der Waals surface area (Å²) < 4.78 is 22.0. The van der Waals surface area contributed by atoms with Gasteiger partial charge in [-0.1, -0.05) is 0 Å². The average molecular weight is 977 g/mol. The zero-order valence-corrected chi connectivity index (χ0v) is 36.1. The Morgan fingerprint density at radius 2 is 1.03 bits per heavy atom. The van der Waals surface area contributed by atoms with Crippen molar-refractivity contribution in [3.63, 3.8) is 0 Å². The van der Waals surface area contributed by atoms with Crippen LogP contribution in [0.15, 0.2) is 8.96 Å². The monoisotopic (exact) mass is 974 g/mol. The smallest absolute Gasteiger partial charge is 0.320 e. The number of amides is 2. The summed E-state index contributed by atoms with van der Waals surface area (Å²) in [6, 6.07) is -1.08. The van der Waals surface area contributed by atoms with Crippen molar-refractivity contribution in [2.24, 2.45) is 0 Å². The maximum absolute atomic E-state index is 12.7. The number of hydrogen-bond donors (Lipinski definition) is 5. The molecule has 5 N–H and O–H groups in total. The van der Waals surface area contributed by atoms with Crippen molar-refractivity contribution in [1.29, 1.82) is 0 Å². The Balaban J connectivity index is 1.61. The first-order chi connectivity index (χ1) is 28.2. The molecule has 1 fully saturated rings. The number of carbonyl (C=O) groups is 7. The Morgan fingerprint density at radius 3 is 1.53 bits per heavy atom. The Hall–Kier alpha value is -3.01. The van der Waals surface area contributed by atoms with Crippen LogP contribution < -0.4 is 5.48 Å². The van der Waals surface area contributed by atoms with Crippen molar-refractivity contribution in [1.82, 2.24) is 30.0 Å². The van der Waals surface area contributed by atoms with E-state index in [1.54, 1.807) is 19.6 Å². The van der Waals surface area contributed by atoms with E-state index in [0.717, 1.165) is 4.90 Å². The van der Waals surface area contributed by atoms with Crippen molar-refractivity contribution in [3.05, 3.63) is 8.96 Å². The molecule has 0 aromatic heterocycles. The fourth-order valence-electron chi connectivity index (χ4n) is 5.91. The average Bonchev–Trinajstić information content (AvgIpc) is 3.35. The molecule has 0 spiro atoms. The van der Waals surface area contributed by atoms with Gasteiger partial charge in [-0.2, -0.15) is 5.48 Å². The second-order valence-electron chi connectivity index (χ2n) is 13.4. The summed E-state index contributed by atoms with van der Waals surface area (Å²) in [5.74, 6) is -5.39. The molecular formula is C35H56Br2N6O16. The SMILES string of the molecule is O=C(O)CN1CCN(CC(=O)O)CCN([C@@H](CCC(=O)CCCOCCOCCONCOCCOCCN2C(=O)C(Br)=C(Br)C2=O)C(=O)O)CCN(CC(=O)O)CC1. The summed E-state index contributed by atoms with van der Waals surface area (Å²) in [5, 5.41) is 38.4. The molecule has 0 radical (unpaired) electrons. The molecule has 2 amide bonds. The third-order valence-corrected chi connectivity index (χ3v) is 11.0. The quantitative estimate of drug-likeness (QED) is 0.0249. The molecule has 22 nitrogen and oxygen atoms in total. The summed E-state index contributed by atoms with van der Waals surface area (Å²) >= 11 is 6.13. The molecule has 0 aromatic rings. The lowest BCUT2D eigenvalue weighted by Gasteiger charge is -2.35. The topological polar surface area (TPSA) is 275 Å². The van der Waals surface area contributed by atoms with E-state index in [2.05, 4.69) is 37.3 Å². The number of carboxylic acids is 4. The second kappa shape index (κ2) is 30.1. The van der Waals surface area contributed by atoms with E-state index in [-0.39, 0.29) is 152 Å². The summed E-state index contributed by atoms with van der Waals surface area (Å²) in [6.45, 7) is 2.79. The lowest BCUT2D eigenvalue weighted by Crippen LogP contribution is -2.51. The lowest BCUT2D eigenvalue weighted by atomic mass is 10.0. The fraction of sp³-hybridized carbons (Fsp3) is 0.743. The van der Waals surface area contributed by atoms with E-state index in [1.165, 1.54) is 0 Å². The van der Waals surface area contributed by atoms with Gasteiger partial charge >= 0.3 is 23.9 Å². The number of Topliss-reactive ketones (excluding diaryl/α,β-unsaturated/α-hetero) is 1. The highest BCUT2D eigenvalue weighted by Crippen LogP contribution is 2.29. The molecule has 1 atom stereocenters. The van der Waals surface area contributed by atoms with E-state index in [9.17, 15) is 54.0 Å². The van der Waals surface area contributed by atoms with Crippen LogP contribution in [0.5, 0.6) is 0 Å². The van der Waals surface area contributed by atoms with E-state index in [4.69, 9.17) is 23.8 Å². The molecule has 0 unspecified atom stereocenters. The predicted octanol–water partition coefficient (Wildman–Crippen LogP) is -1.04. The summed E-state index contributed by atoms with van der Waals surface area (Å²) in [6.07, 6.45) is 0.608. The molecule has 0 bridgehead atoms. The van der Waals surface area contributed by atoms with Gasteiger partial charge < -0.3 is 39.4 Å². The van der Waals surface area contributed by atoms with Crippen LogP contribution in [0.3, 0.4) is 0 Å². The second-order valence-corrected chi connectivity index (χ2v) is 14.9. The molecule has 2 aliphatic rings. The van der Waals surface area contributed by atoms with E-state index < -0.39 is 41.7 Å². The number of hydroxylamine groups is 1. The van der Waals surface area contributed by atoms with Crippen LogP contribution in [0, 0.1) is 0 Å². The number of carbonyl (C=O) groups excluding carboxylic acids is 3. The van der Waals surface area contributed by atoms with Crippen LogP contribution in [0.2, 0.25) is 0 Å². The van der Waals surface area contributed by atoms with Crippen molar-refractivity contribution < 1.29 is 77.8 Å². The van der Waals surface area contributed by atoms with Gasteiger partial charge in [-0.15, -0.1) is 0 Å². The largest absolute Gasteiger partial charge is 0.480 e. The summed E-state index contributed by atoms with van der Waals surface area (Å²) in [5.41, 5.74) is 2.62. The number of aliphatic carboxylic acids is 4. The van der Waals surface area contributed by atoms with Crippen LogP contribution in [0.4, 0.5) is 0 Å². The number of imide groups is 1. The lowest BCUT2D eigenvalue weighted by molar-refractivity contribution is -0.145. The molecule has 2 rings (SSSR count).